The first kappa shape index (κ1) is 10.4. The van der Waals surface area contributed by atoms with Crippen molar-refractivity contribution in [3.8, 4) is 0 Å². The molecule has 2 aromatic heterocycles. The molecule has 2 heterocycles. The van der Waals surface area contributed by atoms with Crippen LogP contribution in [0.25, 0.3) is 32.7 Å². The fraction of sp³-hybridized carbons (Fsp3) is 0.0625. The third kappa shape index (κ3) is 1.24. The molecule has 0 amide bonds. The van der Waals surface area contributed by atoms with E-state index in [0.717, 1.165) is 32.7 Å². The number of carbonyl (C=O) groups excluding carboxylic acids is 1. The summed E-state index contributed by atoms with van der Waals surface area (Å²) in [5, 5.41) is 3.43. The number of hydrogen-bond acceptors (Lipinski definition) is 1. The third-order valence-corrected chi connectivity index (χ3v) is 3.68. The molecule has 4 aromatic rings. The van der Waals surface area contributed by atoms with Crippen LogP contribution in [-0.2, 0) is 0 Å². The molecule has 0 aliphatic heterocycles. The highest BCUT2D eigenvalue weighted by atomic mass is 16.1. The summed E-state index contributed by atoms with van der Waals surface area (Å²) in [5.41, 5.74) is 3.04. The highest BCUT2D eigenvalue weighted by Crippen LogP contribution is 2.34. The first-order valence-corrected chi connectivity index (χ1v) is 6.27. The van der Waals surface area contributed by atoms with Crippen LogP contribution in [0.15, 0.2) is 48.7 Å². The van der Waals surface area contributed by atoms with Gasteiger partial charge in [0, 0.05) is 34.8 Å². The molecule has 0 fully saturated rings. The van der Waals surface area contributed by atoms with Crippen molar-refractivity contribution in [1.29, 1.82) is 0 Å². The number of carbonyl (C=O) groups is 1. The van der Waals surface area contributed by atoms with Crippen LogP contribution in [0.3, 0.4) is 0 Å². The van der Waals surface area contributed by atoms with Gasteiger partial charge < -0.3 is 4.98 Å². The maximum absolute atomic E-state index is 12.0. The second kappa shape index (κ2) is 3.48. The van der Waals surface area contributed by atoms with Gasteiger partial charge in [-0.1, -0.05) is 18.2 Å². The number of aromatic nitrogens is 2. The van der Waals surface area contributed by atoms with Crippen LogP contribution in [0.4, 0.5) is 0 Å². The van der Waals surface area contributed by atoms with E-state index in [0.29, 0.717) is 0 Å². The molecule has 4 rings (SSSR count). The molecule has 0 saturated carbocycles. The molecule has 0 atom stereocenters. The topological polar surface area (TPSA) is 37.8 Å². The van der Waals surface area contributed by atoms with Gasteiger partial charge in [0.1, 0.15) is 0 Å². The minimum Gasteiger partial charge on any atom is -0.361 e. The van der Waals surface area contributed by atoms with Crippen LogP contribution in [0, 0.1) is 0 Å². The molecular formula is C16H12N2O. The molecule has 19 heavy (non-hydrogen) atoms. The van der Waals surface area contributed by atoms with Gasteiger partial charge in [0.05, 0.1) is 11.0 Å². The van der Waals surface area contributed by atoms with Gasteiger partial charge in [0.2, 0.25) is 5.91 Å². The smallest absolute Gasteiger partial charge is 0.228 e. The SMILES string of the molecule is CC(=O)n1c2ccccc2c2c3cc[nH]c3ccc21. The lowest BCUT2D eigenvalue weighted by molar-refractivity contribution is 0.0946. The average Bonchev–Trinajstić information content (AvgIpc) is 2.99. The van der Waals surface area contributed by atoms with E-state index in [1.165, 1.54) is 0 Å². The van der Waals surface area contributed by atoms with Crippen LogP contribution in [0.2, 0.25) is 0 Å². The van der Waals surface area contributed by atoms with Crippen molar-refractivity contribution in [3.63, 3.8) is 0 Å². The summed E-state index contributed by atoms with van der Waals surface area (Å²) in [6.07, 6.45) is 1.93. The number of para-hydroxylation sites is 1. The number of nitrogens with one attached hydrogen (secondary N) is 1. The van der Waals surface area contributed by atoms with Gasteiger partial charge >= 0.3 is 0 Å². The molecule has 92 valence electrons. The normalized spacial score (nSPS) is 11.6. The molecule has 0 aliphatic rings. The fourth-order valence-electron chi connectivity index (χ4n) is 2.94. The van der Waals surface area contributed by atoms with E-state index in [4.69, 9.17) is 0 Å². The second-order valence-corrected chi connectivity index (χ2v) is 4.77. The molecule has 0 unspecified atom stereocenters. The monoisotopic (exact) mass is 248 g/mol. The minimum atomic E-state index is 0.0427. The van der Waals surface area contributed by atoms with Gasteiger partial charge in [-0.3, -0.25) is 9.36 Å². The van der Waals surface area contributed by atoms with Crippen molar-refractivity contribution in [3.05, 3.63) is 48.7 Å². The Bertz CT molecular complexity index is 943. The molecule has 2 aromatic carbocycles. The van der Waals surface area contributed by atoms with E-state index in [9.17, 15) is 4.79 Å². The predicted octanol–water partition coefficient (Wildman–Crippen LogP) is 3.94. The Kier molecular flexibility index (Phi) is 1.90. The quantitative estimate of drug-likeness (QED) is 0.503. The Hall–Kier alpha value is -2.55. The molecular weight excluding hydrogens is 236 g/mol. The summed E-state index contributed by atoms with van der Waals surface area (Å²) in [4.78, 5) is 15.2. The van der Waals surface area contributed by atoms with E-state index >= 15 is 0 Å². The first-order chi connectivity index (χ1) is 9.27. The van der Waals surface area contributed by atoms with Gasteiger partial charge in [-0.25, -0.2) is 0 Å². The van der Waals surface area contributed by atoms with E-state index < -0.39 is 0 Å². The molecule has 0 aliphatic carbocycles. The predicted molar refractivity (Wildman–Crippen MR) is 77.6 cm³/mol. The maximum atomic E-state index is 12.0. The number of fused-ring (bicyclic) bond motifs is 5. The van der Waals surface area contributed by atoms with Crippen LogP contribution in [0.1, 0.15) is 11.7 Å². The van der Waals surface area contributed by atoms with Gasteiger partial charge in [-0.2, -0.15) is 0 Å². The van der Waals surface area contributed by atoms with Crippen LogP contribution < -0.4 is 0 Å². The van der Waals surface area contributed by atoms with Crippen LogP contribution in [0.5, 0.6) is 0 Å². The standard InChI is InChI=1S/C16H12N2O/c1-10(19)18-14-5-3-2-4-12(14)16-11-8-9-17-13(11)6-7-15(16)18/h2-9,17H,1H3. The van der Waals surface area contributed by atoms with Crippen LogP contribution >= 0.6 is 0 Å². The number of aromatic amines is 1. The minimum absolute atomic E-state index is 0.0427. The highest BCUT2D eigenvalue weighted by Gasteiger charge is 2.15. The molecule has 1 N–H and O–H groups in total. The van der Waals surface area contributed by atoms with E-state index in [1.807, 2.05) is 36.5 Å². The van der Waals surface area contributed by atoms with E-state index in [1.54, 1.807) is 11.5 Å². The molecule has 0 spiro atoms. The Morgan fingerprint density at radius 1 is 1.00 bits per heavy atom. The maximum Gasteiger partial charge on any atom is 0.228 e. The number of benzene rings is 2. The fourth-order valence-corrected chi connectivity index (χ4v) is 2.94. The third-order valence-electron chi connectivity index (χ3n) is 3.68. The summed E-state index contributed by atoms with van der Waals surface area (Å²) in [6, 6.07) is 14.1. The molecule has 3 heteroatoms. The summed E-state index contributed by atoms with van der Waals surface area (Å²) in [6.45, 7) is 1.60. The zero-order valence-corrected chi connectivity index (χ0v) is 10.5. The number of H-pyrrole nitrogens is 1. The molecule has 3 nitrogen and oxygen atoms in total. The molecule has 0 bridgehead atoms. The average molecular weight is 248 g/mol. The number of hydrogen-bond donors (Lipinski definition) is 1. The number of rotatable bonds is 0. The van der Waals surface area contributed by atoms with Crippen molar-refractivity contribution in [2.75, 3.05) is 0 Å². The lowest BCUT2D eigenvalue weighted by Crippen LogP contribution is -2.04. The van der Waals surface area contributed by atoms with Gasteiger partial charge in [0.15, 0.2) is 0 Å². The highest BCUT2D eigenvalue weighted by molar-refractivity contribution is 6.22. The summed E-state index contributed by atoms with van der Waals surface area (Å²) in [7, 11) is 0. The van der Waals surface area contributed by atoms with Crippen molar-refractivity contribution in [2.24, 2.45) is 0 Å². The Morgan fingerprint density at radius 3 is 2.68 bits per heavy atom. The van der Waals surface area contributed by atoms with Gasteiger partial charge in [0.25, 0.3) is 0 Å². The lowest BCUT2D eigenvalue weighted by Gasteiger charge is -2.01. The largest absolute Gasteiger partial charge is 0.361 e. The summed E-state index contributed by atoms with van der Waals surface area (Å²) < 4.78 is 1.79. The Labute approximate surface area is 109 Å². The van der Waals surface area contributed by atoms with Crippen molar-refractivity contribution in [1.82, 2.24) is 9.55 Å². The molecule has 0 radical (unpaired) electrons. The van der Waals surface area contributed by atoms with Crippen LogP contribution in [-0.4, -0.2) is 15.5 Å². The Balaban J connectivity index is 2.40. The van der Waals surface area contributed by atoms with Crippen molar-refractivity contribution < 1.29 is 4.79 Å². The first-order valence-electron chi connectivity index (χ1n) is 6.27. The van der Waals surface area contributed by atoms with Gasteiger partial charge in [-0.15, -0.1) is 0 Å². The van der Waals surface area contributed by atoms with Gasteiger partial charge in [-0.05, 0) is 24.3 Å². The summed E-state index contributed by atoms with van der Waals surface area (Å²) in [5.74, 6) is 0.0427. The van der Waals surface area contributed by atoms with Crippen molar-refractivity contribution in [2.45, 2.75) is 6.92 Å². The molecule has 0 saturated heterocycles. The number of nitrogens with zero attached hydrogens (tertiary/aromatic N) is 1. The van der Waals surface area contributed by atoms with Crippen molar-refractivity contribution >= 4 is 38.6 Å². The van der Waals surface area contributed by atoms with E-state index in [2.05, 4.69) is 17.1 Å². The Morgan fingerprint density at radius 2 is 1.84 bits per heavy atom. The summed E-state index contributed by atoms with van der Waals surface area (Å²) >= 11 is 0. The second-order valence-electron chi connectivity index (χ2n) is 4.77. The zero-order chi connectivity index (χ0) is 13.0. The zero-order valence-electron chi connectivity index (χ0n) is 10.5. The lowest BCUT2D eigenvalue weighted by atomic mass is 10.1. The van der Waals surface area contributed by atoms with E-state index in [-0.39, 0.29) is 5.91 Å².